The molecule has 0 radical (unpaired) electrons. The fourth-order valence-corrected chi connectivity index (χ4v) is 1.78. The number of methoxy groups -OCH3 is 1. The van der Waals surface area contributed by atoms with E-state index in [1.54, 1.807) is 0 Å². The second-order valence-corrected chi connectivity index (χ2v) is 6.48. The van der Waals surface area contributed by atoms with E-state index in [1.807, 2.05) is 51.1 Å². The molecule has 0 aliphatic rings. The number of ether oxygens (including phenoxy) is 3. The predicted molar refractivity (Wildman–Crippen MR) is 94.3 cm³/mol. The smallest absolute Gasteiger partial charge is 0.408 e. The molecule has 0 unspecified atom stereocenters. The average molecular weight is 366 g/mol. The van der Waals surface area contributed by atoms with Crippen LogP contribution in [0.1, 0.15) is 26.3 Å². The molecule has 0 spiro atoms. The molecule has 1 rings (SSSR count). The Hall–Kier alpha value is -2.61. The number of amides is 2. The van der Waals surface area contributed by atoms with E-state index in [2.05, 4.69) is 15.4 Å². The maximum atomic E-state index is 12.2. The van der Waals surface area contributed by atoms with Crippen LogP contribution < -0.4 is 10.6 Å². The molecule has 0 heterocycles. The lowest BCUT2D eigenvalue weighted by Crippen LogP contribution is -2.51. The third kappa shape index (κ3) is 9.03. The summed E-state index contributed by atoms with van der Waals surface area (Å²) in [6.07, 6.45) is -0.760. The second kappa shape index (κ2) is 10.4. The Morgan fingerprint density at radius 2 is 1.77 bits per heavy atom. The molecule has 26 heavy (non-hydrogen) atoms. The van der Waals surface area contributed by atoms with Gasteiger partial charge in [0.25, 0.3) is 0 Å². The van der Waals surface area contributed by atoms with Crippen LogP contribution >= 0.6 is 0 Å². The zero-order valence-corrected chi connectivity index (χ0v) is 15.5. The lowest BCUT2D eigenvalue weighted by molar-refractivity contribution is -0.141. The molecule has 0 aromatic heterocycles. The third-order valence-corrected chi connectivity index (χ3v) is 3.14. The minimum Gasteiger partial charge on any atom is -0.468 e. The van der Waals surface area contributed by atoms with Gasteiger partial charge in [-0.2, -0.15) is 0 Å². The van der Waals surface area contributed by atoms with Crippen LogP contribution in [-0.4, -0.2) is 49.9 Å². The van der Waals surface area contributed by atoms with E-state index in [4.69, 9.17) is 9.47 Å². The highest BCUT2D eigenvalue weighted by Gasteiger charge is 2.25. The van der Waals surface area contributed by atoms with E-state index >= 15 is 0 Å². The number of nitrogens with one attached hydrogen (secondary N) is 2. The monoisotopic (exact) mass is 366 g/mol. The fourth-order valence-electron chi connectivity index (χ4n) is 1.78. The highest BCUT2D eigenvalue weighted by molar-refractivity contribution is 5.88. The van der Waals surface area contributed by atoms with Crippen LogP contribution in [0.4, 0.5) is 4.79 Å². The van der Waals surface area contributed by atoms with Gasteiger partial charge in [-0.25, -0.2) is 4.79 Å². The van der Waals surface area contributed by atoms with Gasteiger partial charge in [-0.3, -0.25) is 9.59 Å². The Morgan fingerprint density at radius 1 is 1.12 bits per heavy atom. The quantitative estimate of drug-likeness (QED) is 0.674. The Morgan fingerprint density at radius 3 is 2.35 bits per heavy atom. The lowest BCUT2D eigenvalue weighted by atomic mass is 10.2. The van der Waals surface area contributed by atoms with Crippen LogP contribution in [0.15, 0.2) is 30.3 Å². The summed E-state index contributed by atoms with van der Waals surface area (Å²) < 4.78 is 15.1. The molecule has 2 amide bonds. The first kappa shape index (κ1) is 21.4. The summed E-state index contributed by atoms with van der Waals surface area (Å²) in [4.78, 5) is 35.4. The normalized spacial score (nSPS) is 12.0. The van der Waals surface area contributed by atoms with Crippen molar-refractivity contribution in [3.8, 4) is 0 Å². The molecular formula is C18H26N2O6. The summed E-state index contributed by atoms with van der Waals surface area (Å²) in [5.41, 5.74) is 0.316. The molecule has 0 bridgehead atoms. The van der Waals surface area contributed by atoms with Crippen molar-refractivity contribution in [2.75, 3.05) is 20.3 Å². The van der Waals surface area contributed by atoms with E-state index in [0.29, 0.717) is 0 Å². The molecule has 0 fully saturated rings. The van der Waals surface area contributed by atoms with Crippen LogP contribution in [0.2, 0.25) is 0 Å². The lowest BCUT2D eigenvalue weighted by Gasteiger charge is -2.24. The van der Waals surface area contributed by atoms with Crippen LogP contribution in [0.5, 0.6) is 0 Å². The van der Waals surface area contributed by atoms with Gasteiger partial charge >= 0.3 is 12.1 Å². The second-order valence-electron chi connectivity index (χ2n) is 6.48. The summed E-state index contributed by atoms with van der Waals surface area (Å²) in [7, 11) is 1.22. The summed E-state index contributed by atoms with van der Waals surface area (Å²) in [6.45, 7) is 5.17. The number of hydrogen-bond donors (Lipinski definition) is 2. The molecular weight excluding hydrogens is 340 g/mol. The molecule has 8 heteroatoms. The Kier molecular flexibility index (Phi) is 8.57. The average Bonchev–Trinajstić information content (AvgIpc) is 2.61. The zero-order valence-electron chi connectivity index (χ0n) is 15.5. The summed E-state index contributed by atoms with van der Waals surface area (Å²) in [5.74, 6) is -1.17. The van der Waals surface area contributed by atoms with Gasteiger partial charge < -0.3 is 24.8 Å². The van der Waals surface area contributed by atoms with Crippen LogP contribution in [-0.2, 0) is 30.4 Å². The molecule has 0 aliphatic carbocycles. The zero-order chi connectivity index (χ0) is 19.6. The molecule has 0 saturated heterocycles. The molecule has 0 saturated carbocycles. The van der Waals surface area contributed by atoms with Gasteiger partial charge in [0.2, 0.25) is 5.91 Å². The first-order valence-electron chi connectivity index (χ1n) is 8.17. The maximum Gasteiger partial charge on any atom is 0.408 e. The number of rotatable bonds is 8. The highest BCUT2D eigenvalue weighted by atomic mass is 16.5. The summed E-state index contributed by atoms with van der Waals surface area (Å²) >= 11 is 0. The minimum absolute atomic E-state index is 0.0725. The minimum atomic E-state index is -1.01. The molecule has 2 N–H and O–H groups in total. The van der Waals surface area contributed by atoms with E-state index in [-0.39, 0.29) is 19.8 Å². The SMILES string of the molecule is COC(=O)CNC(=O)[C@H](COC(C)(C)C)NC(=O)OCc1ccccc1. The van der Waals surface area contributed by atoms with Gasteiger partial charge in [0.15, 0.2) is 0 Å². The number of esters is 1. The number of benzene rings is 1. The van der Waals surface area contributed by atoms with Gasteiger partial charge in [0.05, 0.1) is 19.3 Å². The van der Waals surface area contributed by atoms with Crippen molar-refractivity contribution in [2.24, 2.45) is 0 Å². The Labute approximate surface area is 153 Å². The fraction of sp³-hybridized carbons (Fsp3) is 0.500. The number of carbonyl (C=O) groups excluding carboxylic acids is 3. The molecule has 1 atom stereocenters. The molecule has 1 aromatic carbocycles. The largest absolute Gasteiger partial charge is 0.468 e. The van der Waals surface area contributed by atoms with Crippen LogP contribution in [0.25, 0.3) is 0 Å². The number of hydrogen-bond acceptors (Lipinski definition) is 6. The van der Waals surface area contributed by atoms with Crippen molar-refractivity contribution >= 4 is 18.0 Å². The van der Waals surface area contributed by atoms with Crippen molar-refractivity contribution in [1.29, 1.82) is 0 Å². The Bertz CT molecular complexity index is 597. The first-order valence-corrected chi connectivity index (χ1v) is 8.17. The van der Waals surface area contributed by atoms with Crippen molar-refractivity contribution in [1.82, 2.24) is 10.6 Å². The van der Waals surface area contributed by atoms with Gasteiger partial charge in [-0.05, 0) is 26.3 Å². The number of alkyl carbamates (subject to hydrolysis) is 1. The molecule has 8 nitrogen and oxygen atoms in total. The van der Waals surface area contributed by atoms with Crippen molar-refractivity contribution in [2.45, 2.75) is 39.0 Å². The van der Waals surface area contributed by atoms with E-state index in [9.17, 15) is 14.4 Å². The molecule has 0 aliphatic heterocycles. The Balaban J connectivity index is 2.60. The maximum absolute atomic E-state index is 12.2. The van der Waals surface area contributed by atoms with Gasteiger partial charge in [0, 0.05) is 0 Å². The third-order valence-electron chi connectivity index (χ3n) is 3.14. The van der Waals surface area contributed by atoms with E-state index < -0.39 is 29.6 Å². The summed E-state index contributed by atoms with van der Waals surface area (Å²) in [5, 5.41) is 4.84. The van der Waals surface area contributed by atoms with Gasteiger partial charge in [0.1, 0.15) is 19.2 Å². The van der Waals surface area contributed by atoms with Crippen molar-refractivity contribution in [3.63, 3.8) is 0 Å². The van der Waals surface area contributed by atoms with Gasteiger partial charge in [-0.1, -0.05) is 30.3 Å². The topological polar surface area (TPSA) is 103 Å². The van der Waals surface area contributed by atoms with Gasteiger partial charge in [-0.15, -0.1) is 0 Å². The van der Waals surface area contributed by atoms with E-state index in [1.165, 1.54) is 7.11 Å². The van der Waals surface area contributed by atoms with E-state index in [0.717, 1.165) is 5.56 Å². The summed E-state index contributed by atoms with van der Waals surface area (Å²) in [6, 6.07) is 8.14. The van der Waals surface area contributed by atoms with Crippen LogP contribution in [0.3, 0.4) is 0 Å². The first-order chi connectivity index (χ1) is 12.2. The highest BCUT2D eigenvalue weighted by Crippen LogP contribution is 2.07. The van der Waals surface area contributed by atoms with Crippen molar-refractivity contribution < 1.29 is 28.6 Å². The predicted octanol–water partition coefficient (Wildman–Crippen LogP) is 1.39. The molecule has 1 aromatic rings. The van der Waals surface area contributed by atoms with Crippen molar-refractivity contribution in [3.05, 3.63) is 35.9 Å². The molecule has 144 valence electrons. The van der Waals surface area contributed by atoms with Crippen LogP contribution in [0, 0.1) is 0 Å². The standard InChI is InChI=1S/C18H26N2O6/c1-18(2,3)26-12-14(16(22)19-10-15(21)24-4)20-17(23)25-11-13-8-6-5-7-9-13/h5-9,14H,10-12H2,1-4H3,(H,19,22)(H,20,23)/t14-/m0/s1. The number of carbonyl (C=O) groups is 3.